The molecule has 51 heavy (non-hydrogen) atoms. The minimum absolute atomic E-state index is 0.0764. The number of likely N-dealkylation sites (tertiary alicyclic amines) is 2. The summed E-state index contributed by atoms with van der Waals surface area (Å²) in [7, 11) is 3.62. The second-order valence-electron chi connectivity index (χ2n) is 14.3. The number of likely N-dealkylation sites (N-methyl/N-ethyl adjacent to an activating group) is 2. The van der Waals surface area contributed by atoms with Crippen LogP contribution in [0.1, 0.15) is 25.7 Å². The van der Waals surface area contributed by atoms with Crippen LogP contribution in [0.15, 0.2) is 48.7 Å². The van der Waals surface area contributed by atoms with Crippen LogP contribution < -0.4 is 9.64 Å². The molecular formula is C37H38ClF4N7O2. The van der Waals surface area contributed by atoms with Crippen LogP contribution in [0.4, 0.5) is 23.4 Å². The maximum Gasteiger partial charge on any atom is 0.319 e. The first-order valence-electron chi connectivity index (χ1n) is 17.3. The van der Waals surface area contributed by atoms with Gasteiger partial charge in [-0.1, -0.05) is 41.9 Å². The summed E-state index contributed by atoms with van der Waals surface area (Å²) >= 11 is 6.40. The van der Waals surface area contributed by atoms with Gasteiger partial charge in [0.25, 0.3) is 0 Å². The van der Waals surface area contributed by atoms with Gasteiger partial charge in [-0.25, -0.2) is 17.6 Å². The van der Waals surface area contributed by atoms with E-state index in [2.05, 4.69) is 24.8 Å². The molecule has 0 saturated carbocycles. The molecule has 4 fully saturated rings. The van der Waals surface area contributed by atoms with Gasteiger partial charge in [0.1, 0.15) is 41.8 Å². The van der Waals surface area contributed by atoms with Gasteiger partial charge in [-0.2, -0.15) is 9.97 Å². The Morgan fingerprint density at radius 3 is 2.76 bits per heavy atom. The molecule has 14 heteroatoms. The number of aromatic nitrogens is 3. The Morgan fingerprint density at radius 2 is 1.98 bits per heavy atom. The summed E-state index contributed by atoms with van der Waals surface area (Å²) in [4.78, 5) is 33.9. The number of amides is 1. The first-order chi connectivity index (χ1) is 24.5. The number of ether oxygens (including phenoxy) is 1. The number of halogens is 5. The van der Waals surface area contributed by atoms with Crippen LogP contribution in [-0.4, -0.2) is 119 Å². The predicted octanol–water partition coefficient (Wildman–Crippen LogP) is 5.98. The van der Waals surface area contributed by atoms with Crippen molar-refractivity contribution in [3.05, 3.63) is 65.3 Å². The Bertz CT molecular complexity index is 2050. The Balaban J connectivity index is 1.17. The standard InChI is InChI=1S/C37H38ClF4N7O2/c1-46-14-11-23(46)8-10-29(50)48-18-27(41)28(19-48)47(2)35-25-16-43-33(24-6-3-5-21-7-9-26(40)31(38)30(21)24)32(42)34(25)44-36(45-35)51-20-37-12-4-13-49(37)17-22(39)15-37/h3,5-10,16,22-23,27-28H,4,11-15,17-20H2,1-2H3/t22-,23+,27+,28+,37+/m1/s1. The highest BCUT2D eigenvalue weighted by molar-refractivity contribution is 6.36. The van der Waals surface area contributed by atoms with Crippen LogP contribution in [0.5, 0.6) is 6.01 Å². The van der Waals surface area contributed by atoms with E-state index in [1.54, 1.807) is 36.2 Å². The monoisotopic (exact) mass is 723 g/mol. The Morgan fingerprint density at radius 1 is 1.14 bits per heavy atom. The van der Waals surface area contributed by atoms with Crippen molar-refractivity contribution in [1.82, 2.24) is 29.7 Å². The van der Waals surface area contributed by atoms with Gasteiger partial charge in [0, 0.05) is 62.4 Å². The number of benzene rings is 2. The van der Waals surface area contributed by atoms with Crippen molar-refractivity contribution in [1.29, 1.82) is 0 Å². The van der Waals surface area contributed by atoms with Gasteiger partial charge in [0.2, 0.25) is 5.91 Å². The first kappa shape index (κ1) is 34.0. The Kier molecular flexibility index (Phi) is 8.79. The van der Waals surface area contributed by atoms with E-state index in [-0.39, 0.29) is 70.7 Å². The van der Waals surface area contributed by atoms with Crippen molar-refractivity contribution in [2.45, 2.75) is 55.6 Å². The molecule has 0 bridgehead atoms. The smallest absolute Gasteiger partial charge is 0.319 e. The van der Waals surface area contributed by atoms with Crippen molar-refractivity contribution in [3.8, 4) is 17.3 Å². The molecule has 1 amide bonds. The zero-order valence-electron chi connectivity index (χ0n) is 28.3. The van der Waals surface area contributed by atoms with Crippen LogP contribution in [-0.2, 0) is 4.79 Å². The maximum absolute atomic E-state index is 16.8. The summed E-state index contributed by atoms with van der Waals surface area (Å²) in [6.07, 6.45) is 5.28. The lowest BCUT2D eigenvalue weighted by Gasteiger charge is -2.35. The molecule has 0 spiro atoms. The Hall–Kier alpha value is -4.07. The van der Waals surface area contributed by atoms with Gasteiger partial charge in [0.05, 0.1) is 28.5 Å². The molecule has 268 valence electrons. The van der Waals surface area contributed by atoms with E-state index < -0.39 is 35.6 Å². The molecule has 6 heterocycles. The van der Waals surface area contributed by atoms with Gasteiger partial charge in [0.15, 0.2) is 5.82 Å². The average molecular weight is 724 g/mol. The van der Waals surface area contributed by atoms with Crippen molar-refractivity contribution in [2.75, 3.05) is 58.3 Å². The van der Waals surface area contributed by atoms with Crippen molar-refractivity contribution in [2.24, 2.45) is 0 Å². The van der Waals surface area contributed by atoms with Crippen LogP contribution >= 0.6 is 11.6 Å². The maximum atomic E-state index is 16.8. The van der Waals surface area contributed by atoms with E-state index in [0.717, 1.165) is 32.4 Å². The van der Waals surface area contributed by atoms with E-state index in [1.165, 1.54) is 23.2 Å². The molecule has 9 nitrogen and oxygen atoms in total. The second-order valence-corrected chi connectivity index (χ2v) is 14.7. The zero-order chi connectivity index (χ0) is 35.6. The van der Waals surface area contributed by atoms with Crippen LogP contribution in [0.2, 0.25) is 5.02 Å². The molecule has 4 aromatic rings. The molecule has 4 aliphatic heterocycles. The summed E-state index contributed by atoms with van der Waals surface area (Å²) in [5.74, 6) is -1.59. The third-order valence-corrected chi connectivity index (χ3v) is 11.6. The summed E-state index contributed by atoms with van der Waals surface area (Å²) < 4.78 is 67.9. The van der Waals surface area contributed by atoms with Gasteiger partial charge in [-0.05, 0) is 44.3 Å². The number of nitrogens with zero attached hydrogens (tertiary/aromatic N) is 7. The zero-order valence-corrected chi connectivity index (χ0v) is 29.1. The van der Waals surface area contributed by atoms with Crippen LogP contribution in [0.25, 0.3) is 32.9 Å². The number of carbonyl (C=O) groups excluding carboxylic acids is 1. The van der Waals surface area contributed by atoms with Crippen molar-refractivity contribution in [3.63, 3.8) is 0 Å². The summed E-state index contributed by atoms with van der Waals surface area (Å²) in [6, 6.07) is 7.07. The van der Waals surface area contributed by atoms with Crippen molar-refractivity contribution < 1.29 is 27.1 Å². The SMILES string of the molecule is CN1CC[C@@H]1C=CC(=O)N1C[C@H](F)[C@@H](N(C)c2nc(OC[C@@]34CCCN3C[C@H](F)C4)nc3c(F)c(-c4cccc5ccc(F)c(Cl)c45)ncc23)C1. The molecule has 0 unspecified atom stereocenters. The predicted molar refractivity (Wildman–Crippen MR) is 188 cm³/mol. The van der Waals surface area contributed by atoms with E-state index in [4.69, 9.17) is 16.3 Å². The van der Waals surface area contributed by atoms with E-state index in [1.807, 2.05) is 13.1 Å². The molecule has 2 aromatic heterocycles. The van der Waals surface area contributed by atoms with Crippen molar-refractivity contribution >= 4 is 45.0 Å². The Labute approximate surface area is 297 Å². The number of alkyl halides is 2. The third-order valence-electron chi connectivity index (χ3n) is 11.2. The van der Waals surface area contributed by atoms with E-state index in [9.17, 15) is 13.6 Å². The summed E-state index contributed by atoms with van der Waals surface area (Å²) in [6.45, 7) is 2.12. The number of anilines is 1. The molecule has 5 atom stereocenters. The largest absolute Gasteiger partial charge is 0.461 e. The van der Waals surface area contributed by atoms with E-state index in [0.29, 0.717) is 23.7 Å². The topological polar surface area (TPSA) is 77.9 Å². The molecular weight excluding hydrogens is 686 g/mol. The molecule has 2 aromatic carbocycles. The molecule has 0 aliphatic carbocycles. The lowest BCUT2D eigenvalue weighted by Crippen LogP contribution is -2.43. The molecule has 0 N–H and O–H groups in total. The highest BCUT2D eigenvalue weighted by Crippen LogP contribution is 2.42. The minimum Gasteiger partial charge on any atom is -0.461 e. The number of carbonyl (C=O) groups is 1. The summed E-state index contributed by atoms with van der Waals surface area (Å²) in [5.41, 5.74) is -0.503. The number of hydrogen-bond donors (Lipinski definition) is 0. The molecule has 4 aliphatic rings. The number of fused-ring (bicyclic) bond motifs is 3. The number of pyridine rings is 1. The molecule has 4 saturated heterocycles. The third kappa shape index (κ3) is 5.96. The van der Waals surface area contributed by atoms with E-state index >= 15 is 8.78 Å². The fraction of sp³-hybridized carbons (Fsp3) is 0.459. The highest BCUT2D eigenvalue weighted by Gasteiger charge is 2.49. The van der Waals surface area contributed by atoms with Crippen LogP contribution in [0, 0.1) is 11.6 Å². The number of rotatable bonds is 8. The van der Waals surface area contributed by atoms with Gasteiger partial charge >= 0.3 is 6.01 Å². The summed E-state index contributed by atoms with van der Waals surface area (Å²) in [5, 5.41) is 0.922. The normalized spacial score (nSPS) is 26.8. The fourth-order valence-electron chi connectivity index (χ4n) is 8.22. The average Bonchev–Trinajstić information content (AvgIpc) is 3.79. The lowest BCUT2D eigenvalue weighted by atomic mass is 9.95. The quantitative estimate of drug-likeness (QED) is 0.163. The fourth-order valence-corrected chi connectivity index (χ4v) is 8.50. The lowest BCUT2D eigenvalue weighted by molar-refractivity contribution is -0.125. The molecule has 0 radical (unpaired) electrons. The molecule has 8 rings (SSSR count). The van der Waals surface area contributed by atoms with Gasteiger partial charge in [-0.3, -0.25) is 19.6 Å². The van der Waals surface area contributed by atoms with Gasteiger partial charge in [-0.15, -0.1) is 0 Å². The first-order valence-corrected chi connectivity index (χ1v) is 17.7. The van der Waals surface area contributed by atoms with Gasteiger partial charge < -0.3 is 14.5 Å². The van der Waals surface area contributed by atoms with Crippen LogP contribution in [0.3, 0.4) is 0 Å². The minimum atomic E-state index is -1.43. The highest BCUT2D eigenvalue weighted by atomic mass is 35.5. The number of hydrogen-bond acceptors (Lipinski definition) is 8. The second kappa shape index (κ2) is 13.2.